The van der Waals surface area contributed by atoms with E-state index in [0.717, 1.165) is 5.52 Å². The molecule has 19 heavy (non-hydrogen) atoms. The summed E-state index contributed by atoms with van der Waals surface area (Å²) in [6.07, 6.45) is 0. The van der Waals surface area contributed by atoms with Crippen LogP contribution in [0.2, 0.25) is 0 Å². The van der Waals surface area contributed by atoms with Crippen LogP contribution in [0, 0.1) is 13.8 Å². The van der Waals surface area contributed by atoms with Gasteiger partial charge in [0.1, 0.15) is 11.2 Å². The number of aromatic nitrogens is 1. The second-order valence-corrected chi connectivity index (χ2v) is 4.47. The minimum absolute atomic E-state index is 0.0646. The summed E-state index contributed by atoms with van der Waals surface area (Å²) in [7, 11) is 1.54. The maximum absolute atomic E-state index is 12.1. The Labute approximate surface area is 110 Å². The molecule has 3 rings (SSSR count). The first-order valence-corrected chi connectivity index (χ1v) is 6.00. The monoisotopic (exact) mass is 255 g/mol. The Balaban J connectivity index is 2.56. The van der Waals surface area contributed by atoms with Crippen LogP contribution in [0.25, 0.3) is 22.6 Å². The summed E-state index contributed by atoms with van der Waals surface area (Å²) in [5, 5.41) is 0. The standard InChI is InChI=1S/C15H13NO3/c1-8-13(17)9(2)15-12(14(8)18-3)16-10-6-4-5-7-11(10)19-15/h4-7H,1-3H3. The summed E-state index contributed by atoms with van der Waals surface area (Å²) in [4.78, 5) is 16.7. The predicted molar refractivity (Wildman–Crippen MR) is 72.9 cm³/mol. The zero-order valence-electron chi connectivity index (χ0n) is 11.0. The lowest BCUT2D eigenvalue weighted by Gasteiger charge is -2.14. The van der Waals surface area contributed by atoms with Crippen molar-refractivity contribution in [2.24, 2.45) is 0 Å². The van der Waals surface area contributed by atoms with Crippen molar-refractivity contribution in [1.29, 1.82) is 0 Å². The van der Waals surface area contributed by atoms with Crippen molar-refractivity contribution in [2.75, 3.05) is 7.11 Å². The van der Waals surface area contributed by atoms with Crippen molar-refractivity contribution in [1.82, 2.24) is 4.98 Å². The Bertz CT molecular complexity index is 805. The largest absolute Gasteiger partial charge is 0.494 e. The van der Waals surface area contributed by atoms with Gasteiger partial charge in [0.15, 0.2) is 22.5 Å². The molecule has 1 aromatic rings. The third-order valence-corrected chi connectivity index (χ3v) is 3.31. The molecule has 1 heterocycles. The molecule has 0 spiro atoms. The van der Waals surface area contributed by atoms with Crippen LogP contribution in [0.1, 0.15) is 11.1 Å². The third kappa shape index (κ3) is 1.60. The van der Waals surface area contributed by atoms with Crippen LogP contribution in [0.3, 0.4) is 0 Å². The molecule has 2 aliphatic rings. The maximum Gasteiger partial charge on any atom is 0.192 e. The molecule has 0 unspecified atom stereocenters. The molecule has 0 atom stereocenters. The summed E-state index contributed by atoms with van der Waals surface area (Å²) in [5.41, 5.74) is 3.05. The van der Waals surface area contributed by atoms with Gasteiger partial charge in [-0.05, 0) is 26.0 Å². The number of fused-ring (bicyclic) bond motifs is 2. The summed E-state index contributed by atoms with van der Waals surface area (Å²) >= 11 is 0. The maximum atomic E-state index is 12.1. The van der Waals surface area contributed by atoms with E-state index in [1.54, 1.807) is 13.8 Å². The van der Waals surface area contributed by atoms with Crippen LogP contribution in [-0.2, 0) is 0 Å². The van der Waals surface area contributed by atoms with Gasteiger partial charge in [0.05, 0.1) is 7.11 Å². The first-order chi connectivity index (χ1) is 9.13. The zero-order chi connectivity index (χ0) is 13.6. The lowest BCUT2D eigenvalue weighted by molar-refractivity contribution is 0.408. The summed E-state index contributed by atoms with van der Waals surface area (Å²) in [5.74, 6) is 0.978. The molecule has 1 aliphatic carbocycles. The fourth-order valence-corrected chi connectivity index (χ4v) is 2.29. The van der Waals surface area contributed by atoms with Gasteiger partial charge in [-0.15, -0.1) is 0 Å². The van der Waals surface area contributed by atoms with Gasteiger partial charge < -0.3 is 9.15 Å². The van der Waals surface area contributed by atoms with Crippen molar-refractivity contribution < 1.29 is 9.15 Å². The van der Waals surface area contributed by atoms with Gasteiger partial charge in [0.2, 0.25) is 0 Å². The van der Waals surface area contributed by atoms with Crippen LogP contribution in [0.15, 0.2) is 33.5 Å². The number of rotatable bonds is 1. The molecule has 0 saturated heterocycles. The first kappa shape index (κ1) is 11.7. The van der Waals surface area contributed by atoms with E-state index in [2.05, 4.69) is 4.98 Å². The number of hydrogen-bond acceptors (Lipinski definition) is 4. The van der Waals surface area contributed by atoms with Crippen LogP contribution < -0.4 is 10.2 Å². The van der Waals surface area contributed by atoms with Gasteiger partial charge in [-0.3, -0.25) is 4.79 Å². The van der Waals surface area contributed by atoms with Crippen LogP contribution in [-0.4, -0.2) is 12.1 Å². The van der Waals surface area contributed by atoms with E-state index in [1.807, 2.05) is 24.3 Å². The normalized spacial score (nSPS) is 11.1. The van der Waals surface area contributed by atoms with E-state index in [1.165, 1.54) is 7.11 Å². The summed E-state index contributed by atoms with van der Waals surface area (Å²) in [6, 6.07) is 7.47. The number of benzene rings is 2. The van der Waals surface area contributed by atoms with E-state index in [0.29, 0.717) is 33.9 Å². The Kier molecular flexibility index (Phi) is 2.52. The lowest BCUT2D eigenvalue weighted by atomic mass is 10.0. The molecule has 0 bridgehead atoms. The molecule has 4 heteroatoms. The first-order valence-electron chi connectivity index (χ1n) is 6.00. The number of methoxy groups -OCH3 is 1. The predicted octanol–water partition coefficient (Wildman–Crippen LogP) is 2.92. The number of hydrogen-bond donors (Lipinski definition) is 0. The highest BCUT2D eigenvalue weighted by atomic mass is 16.5. The van der Waals surface area contributed by atoms with Crippen molar-refractivity contribution in [3.05, 3.63) is 45.6 Å². The van der Waals surface area contributed by atoms with E-state index in [-0.39, 0.29) is 5.43 Å². The number of nitrogens with zero attached hydrogens (tertiary/aromatic N) is 1. The summed E-state index contributed by atoms with van der Waals surface area (Å²) < 4.78 is 11.1. The second kappa shape index (κ2) is 4.09. The second-order valence-electron chi connectivity index (χ2n) is 4.47. The van der Waals surface area contributed by atoms with Crippen LogP contribution in [0.5, 0.6) is 5.75 Å². The lowest BCUT2D eigenvalue weighted by Crippen LogP contribution is -2.14. The van der Waals surface area contributed by atoms with Crippen LogP contribution in [0.4, 0.5) is 0 Å². The van der Waals surface area contributed by atoms with E-state index in [9.17, 15) is 4.79 Å². The van der Waals surface area contributed by atoms with Gasteiger partial charge in [-0.25, -0.2) is 4.98 Å². The molecule has 4 nitrogen and oxygen atoms in total. The Morgan fingerprint density at radius 1 is 1.16 bits per heavy atom. The number of para-hydroxylation sites is 2. The Morgan fingerprint density at radius 3 is 2.63 bits per heavy atom. The van der Waals surface area contributed by atoms with E-state index >= 15 is 0 Å². The van der Waals surface area contributed by atoms with Gasteiger partial charge in [-0.2, -0.15) is 0 Å². The highest BCUT2D eigenvalue weighted by Gasteiger charge is 2.22. The fraction of sp³-hybridized carbons (Fsp3) is 0.200. The highest BCUT2D eigenvalue weighted by Crippen LogP contribution is 2.35. The SMILES string of the molecule is COc1c2nc3ccccc3oc-2c(C)c(=O)c1C. The quantitative estimate of drug-likeness (QED) is 0.627. The minimum atomic E-state index is -0.0646. The summed E-state index contributed by atoms with van der Waals surface area (Å²) in [6.45, 7) is 3.49. The van der Waals surface area contributed by atoms with E-state index < -0.39 is 0 Å². The van der Waals surface area contributed by atoms with Crippen molar-refractivity contribution in [3.63, 3.8) is 0 Å². The fourth-order valence-electron chi connectivity index (χ4n) is 2.29. The van der Waals surface area contributed by atoms with E-state index in [4.69, 9.17) is 9.15 Å². The zero-order valence-corrected chi connectivity index (χ0v) is 11.0. The van der Waals surface area contributed by atoms with Crippen molar-refractivity contribution in [3.8, 4) is 17.2 Å². The number of ether oxygens (including phenoxy) is 1. The average Bonchev–Trinajstić information content (AvgIpc) is 2.44. The molecular formula is C15H13NO3. The highest BCUT2D eigenvalue weighted by molar-refractivity contribution is 5.79. The Hall–Kier alpha value is -2.36. The minimum Gasteiger partial charge on any atom is -0.494 e. The molecule has 1 aromatic carbocycles. The molecule has 0 amide bonds. The Morgan fingerprint density at radius 2 is 1.89 bits per heavy atom. The molecule has 96 valence electrons. The van der Waals surface area contributed by atoms with Gasteiger partial charge in [0, 0.05) is 11.1 Å². The van der Waals surface area contributed by atoms with Crippen molar-refractivity contribution in [2.45, 2.75) is 13.8 Å². The average molecular weight is 255 g/mol. The molecule has 0 aromatic heterocycles. The van der Waals surface area contributed by atoms with Gasteiger partial charge in [0.25, 0.3) is 0 Å². The third-order valence-electron chi connectivity index (χ3n) is 3.31. The molecule has 0 radical (unpaired) electrons. The van der Waals surface area contributed by atoms with Crippen molar-refractivity contribution >= 4 is 11.1 Å². The van der Waals surface area contributed by atoms with Gasteiger partial charge in [-0.1, -0.05) is 12.1 Å². The van der Waals surface area contributed by atoms with Gasteiger partial charge >= 0.3 is 0 Å². The van der Waals surface area contributed by atoms with Crippen LogP contribution >= 0.6 is 0 Å². The molecule has 0 saturated carbocycles. The molecular weight excluding hydrogens is 242 g/mol. The topological polar surface area (TPSA) is 52.3 Å². The molecule has 0 fully saturated rings. The molecule has 1 aliphatic heterocycles. The smallest absolute Gasteiger partial charge is 0.192 e. The molecule has 0 N–H and O–H groups in total.